The maximum atomic E-state index is 12.0. The van der Waals surface area contributed by atoms with Gasteiger partial charge in [0.1, 0.15) is 11.6 Å². The van der Waals surface area contributed by atoms with E-state index in [4.69, 9.17) is 16.3 Å². The summed E-state index contributed by atoms with van der Waals surface area (Å²) in [7, 11) is 0. The zero-order valence-electron chi connectivity index (χ0n) is 14.0. The number of halogens is 1. The maximum Gasteiger partial charge on any atom is 0.227 e. The number of nitrogens with zero attached hydrogens (tertiary/aromatic N) is 1. The minimum Gasteiger partial charge on any atom is -0.493 e. The Balaban J connectivity index is 1.47. The Bertz CT molecular complexity index is 854. The number of rotatable bonds is 7. The van der Waals surface area contributed by atoms with E-state index in [1.807, 2.05) is 48.5 Å². The third kappa shape index (κ3) is 5.22. The lowest BCUT2D eigenvalue weighted by Crippen LogP contribution is -2.15. The van der Waals surface area contributed by atoms with Crippen LogP contribution in [0.5, 0.6) is 5.75 Å². The van der Waals surface area contributed by atoms with Crippen LogP contribution in [0.4, 0.5) is 17.2 Å². The number of hydrogen-bond acceptors (Lipinski definition) is 4. The van der Waals surface area contributed by atoms with Crippen molar-refractivity contribution in [2.24, 2.45) is 0 Å². The highest BCUT2D eigenvalue weighted by atomic mass is 35.5. The van der Waals surface area contributed by atoms with Gasteiger partial charge in [0.2, 0.25) is 5.91 Å². The van der Waals surface area contributed by atoms with Gasteiger partial charge in [-0.25, -0.2) is 4.98 Å². The van der Waals surface area contributed by atoms with Gasteiger partial charge >= 0.3 is 0 Å². The van der Waals surface area contributed by atoms with Crippen LogP contribution >= 0.6 is 11.6 Å². The molecular formula is C20H18ClN3O2. The Morgan fingerprint density at radius 2 is 1.77 bits per heavy atom. The summed E-state index contributed by atoms with van der Waals surface area (Å²) < 4.78 is 5.51. The van der Waals surface area contributed by atoms with Gasteiger partial charge in [-0.05, 0) is 36.4 Å². The predicted molar refractivity (Wildman–Crippen MR) is 104 cm³/mol. The Kier molecular flexibility index (Phi) is 6.06. The maximum absolute atomic E-state index is 12.0. The molecule has 0 radical (unpaired) electrons. The normalized spacial score (nSPS) is 10.2. The highest BCUT2D eigenvalue weighted by molar-refractivity contribution is 6.33. The molecule has 0 aliphatic rings. The molecule has 0 atom stereocenters. The summed E-state index contributed by atoms with van der Waals surface area (Å²) in [5, 5.41) is 6.54. The molecule has 132 valence electrons. The van der Waals surface area contributed by atoms with Crippen molar-refractivity contribution in [3.63, 3.8) is 0 Å². The highest BCUT2D eigenvalue weighted by Gasteiger charge is 2.05. The average Bonchev–Trinajstić information content (AvgIpc) is 2.66. The number of para-hydroxylation sites is 2. The molecule has 0 bridgehead atoms. The molecule has 26 heavy (non-hydrogen) atoms. The van der Waals surface area contributed by atoms with Crippen LogP contribution in [0.2, 0.25) is 5.02 Å². The number of carbonyl (C=O) groups excluding carboxylic acids is 1. The van der Waals surface area contributed by atoms with Crippen LogP contribution in [-0.4, -0.2) is 17.5 Å². The Morgan fingerprint density at radius 1 is 1.00 bits per heavy atom. The number of benzene rings is 2. The molecule has 1 heterocycles. The average molecular weight is 368 g/mol. The van der Waals surface area contributed by atoms with Crippen molar-refractivity contribution >= 4 is 34.7 Å². The number of pyridine rings is 1. The third-order valence-electron chi connectivity index (χ3n) is 3.52. The molecule has 2 N–H and O–H groups in total. The van der Waals surface area contributed by atoms with Crippen LogP contribution in [0.25, 0.3) is 0 Å². The van der Waals surface area contributed by atoms with E-state index in [2.05, 4.69) is 15.6 Å². The Labute approximate surface area is 157 Å². The minimum absolute atomic E-state index is 0.130. The number of carbonyl (C=O) groups is 1. The van der Waals surface area contributed by atoms with Gasteiger partial charge in [-0.1, -0.05) is 41.9 Å². The molecule has 0 spiro atoms. The van der Waals surface area contributed by atoms with Gasteiger partial charge < -0.3 is 15.4 Å². The molecule has 0 unspecified atom stereocenters. The first-order valence-electron chi connectivity index (χ1n) is 8.16. The monoisotopic (exact) mass is 367 g/mol. The quantitative estimate of drug-likeness (QED) is 0.624. The van der Waals surface area contributed by atoms with Crippen molar-refractivity contribution in [2.45, 2.75) is 6.42 Å². The summed E-state index contributed by atoms with van der Waals surface area (Å²) in [5.74, 6) is 1.26. The van der Waals surface area contributed by atoms with Crippen molar-refractivity contribution < 1.29 is 9.53 Å². The van der Waals surface area contributed by atoms with Crippen LogP contribution in [0.15, 0.2) is 72.9 Å². The lowest BCUT2D eigenvalue weighted by Gasteiger charge is -2.09. The van der Waals surface area contributed by atoms with Crippen LogP contribution in [-0.2, 0) is 4.79 Å². The number of hydrogen-bond donors (Lipinski definition) is 2. The van der Waals surface area contributed by atoms with E-state index in [0.717, 1.165) is 11.4 Å². The number of ether oxygens (including phenoxy) is 1. The number of nitrogens with one attached hydrogen (secondary N) is 2. The zero-order valence-corrected chi connectivity index (χ0v) is 14.7. The standard InChI is InChI=1S/C20H18ClN3O2/c21-17-8-4-5-9-18(17)24-19-11-10-15(14-22-19)23-20(25)12-13-26-16-6-2-1-3-7-16/h1-11,14H,12-13H2,(H,22,24)(H,23,25). The summed E-state index contributed by atoms with van der Waals surface area (Å²) in [6, 6.07) is 20.4. The van der Waals surface area contributed by atoms with Crippen molar-refractivity contribution in [1.29, 1.82) is 0 Å². The van der Waals surface area contributed by atoms with Gasteiger partial charge in [0.25, 0.3) is 0 Å². The smallest absolute Gasteiger partial charge is 0.227 e. The predicted octanol–water partition coefficient (Wildman–Crippen LogP) is 4.89. The van der Waals surface area contributed by atoms with Crippen LogP contribution in [0.1, 0.15) is 6.42 Å². The third-order valence-corrected chi connectivity index (χ3v) is 3.85. The highest BCUT2D eigenvalue weighted by Crippen LogP contribution is 2.24. The first kappa shape index (κ1) is 17.8. The van der Waals surface area contributed by atoms with E-state index in [9.17, 15) is 4.79 Å². The molecule has 0 aliphatic carbocycles. The van der Waals surface area contributed by atoms with Gasteiger partial charge in [0.15, 0.2) is 0 Å². The SMILES string of the molecule is O=C(CCOc1ccccc1)Nc1ccc(Nc2ccccc2Cl)nc1. The number of anilines is 3. The second-order valence-electron chi connectivity index (χ2n) is 5.50. The van der Waals surface area contributed by atoms with Crippen LogP contribution in [0.3, 0.4) is 0 Å². The molecule has 2 aromatic carbocycles. The molecule has 1 amide bonds. The van der Waals surface area contributed by atoms with Gasteiger partial charge in [0, 0.05) is 0 Å². The fourth-order valence-electron chi connectivity index (χ4n) is 2.24. The zero-order chi connectivity index (χ0) is 18.2. The topological polar surface area (TPSA) is 63.2 Å². The van der Waals surface area contributed by atoms with E-state index in [1.54, 1.807) is 24.4 Å². The summed E-state index contributed by atoms with van der Waals surface area (Å²) in [4.78, 5) is 16.3. The van der Waals surface area contributed by atoms with Crippen LogP contribution in [0, 0.1) is 0 Å². The van der Waals surface area contributed by atoms with E-state index in [-0.39, 0.29) is 12.3 Å². The number of amides is 1. The molecule has 1 aromatic heterocycles. The summed E-state index contributed by atoms with van der Waals surface area (Å²) >= 11 is 6.11. The first-order chi connectivity index (χ1) is 12.7. The molecule has 3 rings (SSSR count). The van der Waals surface area contributed by atoms with E-state index < -0.39 is 0 Å². The summed E-state index contributed by atoms with van der Waals surface area (Å²) in [6.45, 7) is 0.315. The lowest BCUT2D eigenvalue weighted by molar-refractivity contribution is -0.116. The Morgan fingerprint density at radius 3 is 2.50 bits per heavy atom. The van der Waals surface area contributed by atoms with E-state index >= 15 is 0 Å². The van der Waals surface area contributed by atoms with Crippen molar-refractivity contribution in [3.8, 4) is 5.75 Å². The van der Waals surface area contributed by atoms with Gasteiger partial charge in [-0.15, -0.1) is 0 Å². The minimum atomic E-state index is -0.130. The fourth-order valence-corrected chi connectivity index (χ4v) is 2.43. The summed E-state index contributed by atoms with van der Waals surface area (Å²) in [6.07, 6.45) is 1.85. The van der Waals surface area contributed by atoms with E-state index in [0.29, 0.717) is 23.1 Å². The molecule has 0 aliphatic heterocycles. The van der Waals surface area contributed by atoms with Gasteiger partial charge in [-0.2, -0.15) is 0 Å². The summed E-state index contributed by atoms with van der Waals surface area (Å²) in [5.41, 5.74) is 1.40. The number of aromatic nitrogens is 1. The van der Waals surface area contributed by atoms with Crippen LogP contribution < -0.4 is 15.4 Å². The second-order valence-corrected chi connectivity index (χ2v) is 5.90. The molecule has 0 saturated heterocycles. The molecule has 0 saturated carbocycles. The van der Waals surface area contributed by atoms with Crippen molar-refractivity contribution in [1.82, 2.24) is 4.98 Å². The molecule has 6 heteroatoms. The van der Waals surface area contributed by atoms with Crippen molar-refractivity contribution in [3.05, 3.63) is 77.9 Å². The molecule has 0 fully saturated rings. The molecule has 5 nitrogen and oxygen atoms in total. The second kappa shape index (κ2) is 8.87. The van der Waals surface area contributed by atoms with E-state index in [1.165, 1.54) is 0 Å². The molecule has 3 aromatic rings. The fraction of sp³-hybridized carbons (Fsp3) is 0.100. The lowest BCUT2D eigenvalue weighted by atomic mass is 10.3. The van der Waals surface area contributed by atoms with Crippen molar-refractivity contribution in [2.75, 3.05) is 17.2 Å². The first-order valence-corrected chi connectivity index (χ1v) is 8.54. The largest absolute Gasteiger partial charge is 0.493 e. The Hall–Kier alpha value is -3.05. The van der Waals surface area contributed by atoms with Gasteiger partial charge in [-0.3, -0.25) is 4.79 Å². The van der Waals surface area contributed by atoms with Gasteiger partial charge in [0.05, 0.1) is 35.6 Å². The molecular weight excluding hydrogens is 350 g/mol.